The van der Waals surface area contributed by atoms with E-state index in [9.17, 15) is 10.1 Å². The Morgan fingerprint density at radius 3 is 2.71 bits per heavy atom. The molecule has 0 spiro atoms. The summed E-state index contributed by atoms with van der Waals surface area (Å²) in [5, 5.41) is 19.5. The monoisotopic (exact) mass is 397 g/mol. The van der Waals surface area contributed by atoms with Crippen LogP contribution < -0.4 is 4.74 Å². The maximum atomic E-state index is 10.8. The molecule has 1 unspecified atom stereocenters. The summed E-state index contributed by atoms with van der Waals surface area (Å²) in [5.41, 5.74) is 2.35. The summed E-state index contributed by atoms with van der Waals surface area (Å²) in [6.45, 7) is 1.94. The Labute approximate surface area is 163 Å². The fourth-order valence-corrected chi connectivity index (χ4v) is 3.46. The fourth-order valence-electron chi connectivity index (χ4n) is 2.61. The molecule has 4 rings (SSSR count). The van der Waals surface area contributed by atoms with Crippen molar-refractivity contribution in [2.75, 3.05) is 7.11 Å². The van der Waals surface area contributed by atoms with Gasteiger partial charge < -0.3 is 14.1 Å². The van der Waals surface area contributed by atoms with Crippen molar-refractivity contribution in [3.8, 4) is 17.2 Å². The zero-order valence-corrected chi connectivity index (χ0v) is 15.8. The Morgan fingerprint density at radius 2 is 2.00 bits per heavy atom. The van der Waals surface area contributed by atoms with Gasteiger partial charge in [-0.2, -0.15) is 0 Å². The molecular weight excluding hydrogens is 382 g/mol. The molecule has 0 aliphatic heterocycles. The number of thioether (sulfide) groups is 1. The zero-order valence-electron chi connectivity index (χ0n) is 14.9. The molecule has 0 radical (unpaired) electrons. The maximum Gasteiger partial charge on any atom is 0.269 e. The SMILES string of the molecule is COc1ccc2nc(SC(C)c3nnc(-c4ccc([N+](=O)[O-])cc4)o3)[nH]c2c1. The number of ether oxygens (including phenoxy) is 1. The third-order valence-corrected chi connectivity index (χ3v) is 5.04. The largest absolute Gasteiger partial charge is 0.497 e. The first-order valence-electron chi connectivity index (χ1n) is 8.32. The van der Waals surface area contributed by atoms with Crippen molar-refractivity contribution in [2.24, 2.45) is 0 Å². The normalized spacial score (nSPS) is 12.2. The summed E-state index contributed by atoms with van der Waals surface area (Å²) in [5.74, 6) is 1.51. The molecule has 28 heavy (non-hydrogen) atoms. The first kappa shape index (κ1) is 18.0. The molecule has 0 fully saturated rings. The molecular formula is C18H15N5O4S. The summed E-state index contributed by atoms with van der Waals surface area (Å²) in [6.07, 6.45) is 0. The number of rotatable bonds is 6. The first-order chi connectivity index (χ1) is 13.5. The van der Waals surface area contributed by atoms with Gasteiger partial charge in [0.25, 0.3) is 5.69 Å². The van der Waals surface area contributed by atoms with E-state index in [2.05, 4.69) is 20.2 Å². The lowest BCUT2D eigenvalue weighted by molar-refractivity contribution is -0.384. The highest BCUT2D eigenvalue weighted by Gasteiger charge is 2.18. The Kier molecular flexibility index (Phi) is 4.70. The highest BCUT2D eigenvalue weighted by molar-refractivity contribution is 7.99. The molecule has 9 nitrogen and oxygen atoms in total. The third kappa shape index (κ3) is 3.54. The smallest absolute Gasteiger partial charge is 0.269 e. The number of H-pyrrole nitrogens is 1. The van der Waals surface area contributed by atoms with E-state index in [0.29, 0.717) is 17.3 Å². The number of nitrogens with zero attached hydrogens (tertiary/aromatic N) is 4. The van der Waals surface area contributed by atoms with Crippen molar-refractivity contribution in [1.29, 1.82) is 0 Å². The highest BCUT2D eigenvalue weighted by Crippen LogP contribution is 2.35. The van der Waals surface area contributed by atoms with Gasteiger partial charge in [0.05, 0.1) is 28.3 Å². The van der Waals surface area contributed by atoms with E-state index in [1.165, 1.54) is 23.9 Å². The molecule has 4 aromatic rings. The van der Waals surface area contributed by atoms with Crippen LogP contribution in [-0.2, 0) is 0 Å². The van der Waals surface area contributed by atoms with Gasteiger partial charge in [-0.05, 0) is 31.2 Å². The molecule has 0 saturated carbocycles. The molecule has 0 aliphatic carbocycles. The highest BCUT2D eigenvalue weighted by atomic mass is 32.2. The minimum Gasteiger partial charge on any atom is -0.497 e. The van der Waals surface area contributed by atoms with Crippen molar-refractivity contribution in [1.82, 2.24) is 20.2 Å². The van der Waals surface area contributed by atoms with Crippen LogP contribution in [0.2, 0.25) is 0 Å². The van der Waals surface area contributed by atoms with Crippen LogP contribution in [0.3, 0.4) is 0 Å². The van der Waals surface area contributed by atoms with E-state index in [1.807, 2.05) is 25.1 Å². The number of aromatic nitrogens is 4. The number of hydrogen-bond donors (Lipinski definition) is 1. The van der Waals surface area contributed by atoms with Crippen molar-refractivity contribution < 1.29 is 14.1 Å². The van der Waals surface area contributed by atoms with Crippen LogP contribution in [-0.4, -0.2) is 32.2 Å². The second kappa shape index (κ2) is 7.31. The summed E-state index contributed by atoms with van der Waals surface area (Å²) in [4.78, 5) is 18.1. The van der Waals surface area contributed by atoms with Crippen LogP contribution in [0.15, 0.2) is 52.0 Å². The van der Waals surface area contributed by atoms with Gasteiger partial charge in [0.1, 0.15) is 5.75 Å². The van der Waals surface area contributed by atoms with Gasteiger partial charge in [-0.1, -0.05) is 11.8 Å². The van der Waals surface area contributed by atoms with Gasteiger partial charge in [0.15, 0.2) is 5.16 Å². The van der Waals surface area contributed by atoms with E-state index in [-0.39, 0.29) is 10.9 Å². The van der Waals surface area contributed by atoms with Crippen LogP contribution in [0.4, 0.5) is 5.69 Å². The summed E-state index contributed by atoms with van der Waals surface area (Å²) in [7, 11) is 1.62. The van der Waals surface area contributed by atoms with Crippen molar-refractivity contribution in [2.45, 2.75) is 17.3 Å². The lowest BCUT2D eigenvalue weighted by atomic mass is 10.2. The molecule has 10 heteroatoms. The van der Waals surface area contributed by atoms with Crippen LogP contribution in [0.1, 0.15) is 18.1 Å². The number of fused-ring (bicyclic) bond motifs is 1. The molecule has 2 heterocycles. The molecule has 0 saturated heterocycles. The number of nitro benzene ring substituents is 1. The topological polar surface area (TPSA) is 120 Å². The van der Waals surface area contributed by atoms with Gasteiger partial charge in [0, 0.05) is 23.8 Å². The quantitative estimate of drug-likeness (QED) is 0.289. The molecule has 0 aliphatic rings. The fraction of sp³-hybridized carbons (Fsp3) is 0.167. The second-order valence-corrected chi connectivity index (χ2v) is 7.26. The Balaban J connectivity index is 1.51. The molecule has 0 bridgehead atoms. The predicted molar refractivity (Wildman–Crippen MR) is 103 cm³/mol. The number of methoxy groups -OCH3 is 1. The Morgan fingerprint density at radius 1 is 1.21 bits per heavy atom. The molecule has 142 valence electrons. The van der Waals surface area contributed by atoms with Gasteiger partial charge in [-0.25, -0.2) is 4.98 Å². The second-order valence-electron chi connectivity index (χ2n) is 5.93. The zero-order chi connectivity index (χ0) is 19.7. The predicted octanol–water partition coefficient (Wildman–Crippen LogP) is 4.38. The van der Waals surface area contributed by atoms with Crippen molar-refractivity contribution >= 4 is 28.5 Å². The van der Waals surface area contributed by atoms with Gasteiger partial charge in [-0.3, -0.25) is 10.1 Å². The summed E-state index contributed by atoms with van der Waals surface area (Å²) < 4.78 is 11.0. The number of benzene rings is 2. The van der Waals surface area contributed by atoms with Crippen LogP contribution >= 0.6 is 11.8 Å². The van der Waals surface area contributed by atoms with Gasteiger partial charge in [0.2, 0.25) is 11.8 Å². The van der Waals surface area contributed by atoms with Gasteiger partial charge >= 0.3 is 0 Å². The van der Waals surface area contributed by atoms with Crippen molar-refractivity contribution in [3.63, 3.8) is 0 Å². The molecule has 2 aromatic carbocycles. The van der Waals surface area contributed by atoms with Gasteiger partial charge in [-0.15, -0.1) is 10.2 Å². The Hall–Kier alpha value is -3.40. The van der Waals surface area contributed by atoms with E-state index in [4.69, 9.17) is 9.15 Å². The average Bonchev–Trinajstić information content (AvgIpc) is 3.34. The van der Waals surface area contributed by atoms with E-state index in [0.717, 1.165) is 21.9 Å². The van der Waals surface area contributed by atoms with Crippen LogP contribution in [0.5, 0.6) is 5.75 Å². The van der Waals surface area contributed by atoms with Crippen LogP contribution in [0.25, 0.3) is 22.5 Å². The van der Waals surface area contributed by atoms with E-state index < -0.39 is 4.92 Å². The minimum atomic E-state index is -0.454. The number of nitrogens with one attached hydrogen (secondary N) is 1. The number of non-ortho nitro benzene ring substituents is 1. The maximum absolute atomic E-state index is 10.8. The van der Waals surface area contributed by atoms with Crippen molar-refractivity contribution in [3.05, 3.63) is 58.5 Å². The Bertz CT molecular complexity index is 1140. The molecule has 0 amide bonds. The van der Waals surface area contributed by atoms with E-state index >= 15 is 0 Å². The number of nitro groups is 1. The number of aromatic amines is 1. The van der Waals surface area contributed by atoms with Crippen LogP contribution in [0, 0.1) is 10.1 Å². The van der Waals surface area contributed by atoms with E-state index in [1.54, 1.807) is 19.2 Å². The average molecular weight is 397 g/mol. The lowest BCUT2D eigenvalue weighted by Gasteiger charge is -2.03. The molecule has 1 N–H and O–H groups in total. The first-order valence-corrected chi connectivity index (χ1v) is 9.20. The minimum absolute atomic E-state index is 0.00827. The summed E-state index contributed by atoms with van der Waals surface area (Å²) >= 11 is 1.46. The lowest BCUT2D eigenvalue weighted by Crippen LogP contribution is -1.89. The number of hydrogen-bond acceptors (Lipinski definition) is 8. The summed E-state index contributed by atoms with van der Waals surface area (Å²) in [6, 6.07) is 11.6. The number of imidazole rings is 1. The molecule has 1 atom stereocenters. The third-order valence-electron chi connectivity index (χ3n) is 4.07. The molecule has 2 aromatic heterocycles. The standard InChI is InChI=1S/C18H15N5O4S/c1-10(28-18-19-14-8-7-13(26-2)9-15(14)20-18)16-21-22-17(27-16)11-3-5-12(6-4-11)23(24)25/h3-10H,1-2H3,(H,19,20).